The first-order valence-electron chi connectivity index (χ1n) is 8.05. The van der Waals surface area contributed by atoms with Gasteiger partial charge in [-0.2, -0.15) is 0 Å². The van der Waals surface area contributed by atoms with Gasteiger partial charge in [-0.05, 0) is 37.6 Å². The standard InChI is InChI=1S/C19H17NO4S/c1-12-6-8-14(9-7-12)25(23,24)20-17-5-3-2-4-13(17)10-18(20)15-11-16(15)19(21)22/h2-10,15-16H,11H2,1H3,(H,21,22). The minimum atomic E-state index is -3.80. The summed E-state index contributed by atoms with van der Waals surface area (Å²) in [5.41, 5.74) is 2.10. The second-order valence-corrected chi connectivity index (χ2v) is 8.28. The SMILES string of the molecule is Cc1ccc(S(=O)(=O)n2c(C3CC3C(=O)O)cc3ccccc32)cc1. The molecule has 1 saturated carbocycles. The van der Waals surface area contributed by atoms with Crippen LogP contribution in [0.25, 0.3) is 10.9 Å². The normalized spacial score (nSPS) is 19.9. The van der Waals surface area contributed by atoms with Gasteiger partial charge in [0, 0.05) is 17.0 Å². The van der Waals surface area contributed by atoms with E-state index < -0.39 is 21.9 Å². The lowest BCUT2D eigenvalue weighted by atomic mass is 10.2. The van der Waals surface area contributed by atoms with E-state index in [1.807, 2.05) is 19.1 Å². The van der Waals surface area contributed by atoms with Crippen LogP contribution in [0.1, 0.15) is 23.6 Å². The first-order chi connectivity index (χ1) is 11.9. The van der Waals surface area contributed by atoms with Gasteiger partial charge in [-0.15, -0.1) is 0 Å². The van der Waals surface area contributed by atoms with Gasteiger partial charge in [-0.25, -0.2) is 12.4 Å². The largest absolute Gasteiger partial charge is 0.481 e. The molecule has 2 aromatic carbocycles. The van der Waals surface area contributed by atoms with Crippen molar-refractivity contribution in [3.05, 3.63) is 65.9 Å². The van der Waals surface area contributed by atoms with Gasteiger partial charge in [0.1, 0.15) is 0 Å². The second kappa shape index (κ2) is 5.46. The quantitative estimate of drug-likeness (QED) is 0.778. The van der Waals surface area contributed by atoms with Crippen LogP contribution in [-0.4, -0.2) is 23.5 Å². The topological polar surface area (TPSA) is 76.4 Å². The van der Waals surface area contributed by atoms with E-state index in [4.69, 9.17) is 0 Å². The number of fused-ring (bicyclic) bond motifs is 1. The van der Waals surface area contributed by atoms with E-state index in [0.29, 0.717) is 17.6 Å². The molecule has 25 heavy (non-hydrogen) atoms. The molecule has 0 spiro atoms. The van der Waals surface area contributed by atoms with Crippen molar-refractivity contribution in [1.29, 1.82) is 0 Å². The maximum atomic E-state index is 13.3. The Balaban J connectivity index is 1.94. The zero-order valence-corrected chi connectivity index (χ0v) is 14.4. The Morgan fingerprint density at radius 1 is 1.12 bits per heavy atom. The summed E-state index contributed by atoms with van der Waals surface area (Å²) in [6, 6.07) is 15.7. The zero-order chi connectivity index (χ0) is 17.8. The minimum Gasteiger partial charge on any atom is -0.481 e. The molecule has 1 aliphatic rings. The molecule has 3 aromatic rings. The molecular weight excluding hydrogens is 338 g/mol. The summed E-state index contributed by atoms with van der Waals surface area (Å²) in [5.74, 6) is -1.67. The summed E-state index contributed by atoms with van der Waals surface area (Å²) < 4.78 is 27.9. The molecule has 2 unspecified atom stereocenters. The molecule has 1 N–H and O–H groups in total. The van der Waals surface area contributed by atoms with Gasteiger partial charge in [-0.3, -0.25) is 4.79 Å². The molecule has 1 fully saturated rings. The number of aryl methyl sites for hydroxylation is 1. The van der Waals surface area contributed by atoms with Crippen LogP contribution < -0.4 is 0 Å². The first-order valence-corrected chi connectivity index (χ1v) is 9.49. The van der Waals surface area contributed by atoms with Gasteiger partial charge in [0.25, 0.3) is 10.0 Å². The lowest BCUT2D eigenvalue weighted by molar-refractivity contribution is -0.138. The third-order valence-electron chi connectivity index (χ3n) is 4.74. The maximum absolute atomic E-state index is 13.3. The van der Waals surface area contributed by atoms with Gasteiger partial charge < -0.3 is 5.11 Å². The van der Waals surface area contributed by atoms with Crippen LogP contribution in [0.4, 0.5) is 0 Å². The molecule has 4 rings (SSSR count). The van der Waals surface area contributed by atoms with Crippen LogP contribution >= 0.6 is 0 Å². The van der Waals surface area contributed by atoms with Gasteiger partial charge in [0.05, 0.1) is 16.3 Å². The van der Waals surface area contributed by atoms with E-state index in [1.54, 1.807) is 42.5 Å². The Kier molecular flexibility index (Phi) is 3.47. The van der Waals surface area contributed by atoms with E-state index in [0.717, 1.165) is 10.9 Å². The first kappa shape index (κ1) is 15.9. The summed E-state index contributed by atoms with van der Waals surface area (Å²) in [6.07, 6.45) is 0.467. The highest BCUT2D eigenvalue weighted by molar-refractivity contribution is 7.90. The molecular formula is C19H17NO4S. The summed E-state index contributed by atoms with van der Waals surface area (Å²) in [5, 5.41) is 10.0. The average Bonchev–Trinajstić information content (AvgIpc) is 3.28. The number of aromatic nitrogens is 1. The predicted molar refractivity (Wildman–Crippen MR) is 94.2 cm³/mol. The molecule has 0 amide bonds. The lowest BCUT2D eigenvalue weighted by Gasteiger charge is -2.12. The van der Waals surface area contributed by atoms with E-state index in [1.165, 1.54) is 3.97 Å². The van der Waals surface area contributed by atoms with Crippen LogP contribution in [0.5, 0.6) is 0 Å². The molecule has 5 nitrogen and oxygen atoms in total. The smallest absolute Gasteiger partial charge is 0.307 e. The van der Waals surface area contributed by atoms with Crippen LogP contribution in [-0.2, 0) is 14.8 Å². The molecule has 1 aromatic heterocycles. The second-order valence-electron chi connectivity index (χ2n) is 6.50. The van der Waals surface area contributed by atoms with Gasteiger partial charge in [0.2, 0.25) is 0 Å². The highest BCUT2D eigenvalue weighted by Gasteiger charge is 2.47. The zero-order valence-electron chi connectivity index (χ0n) is 13.6. The fourth-order valence-corrected chi connectivity index (χ4v) is 4.87. The van der Waals surface area contributed by atoms with Crippen molar-refractivity contribution in [3.63, 3.8) is 0 Å². The van der Waals surface area contributed by atoms with Crippen molar-refractivity contribution < 1.29 is 18.3 Å². The fourth-order valence-electron chi connectivity index (χ4n) is 3.29. The number of carbonyl (C=O) groups is 1. The lowest BCUT2D eigenvalue weighted by Crippen LogP contribution is -2.16. The number of rotatable bonds is 4. The number of para-hydroxylation sites is 1. The van der Waals surface area contributed by atoms with Gasteiger partial charge in [0.15, 0.2) is 0 Å². The van der Waals surface area contributed by atoms with Crippen molar-refractivity contribution in [2.75, 3.05) is 0 Å². The van der Waals surface area contributed by atoms with Crippen LogP contribution in [0, 0.1) is 12.8 Å². The number of hydrogen-bond donors (Lipinski definition) is 1. The highest BCUT2D eigenvalue weighted by atomic mass is 32.2. The van der Waals surface area contributed by atoms with Crippen molar-refractivity contribution in [3.8, 4) is 0 Å². The molecule has 0 radical (unpaired) electrons. The molecule has 0 aliphatic heterocycles. The molecule has 2 atom stereocenters. The third kappa shape index (κ3) is 2.53. The molecule has 0 saturated heterocycles. The predicted octanol–water partition coefficient (Wildman–Crippen LogP) is 3.37. The Labute approximate surface area is 145 Å². The minimum absolute atomic E-state index is 0.202. The summed E-state index contributed by atoms with van der Waals surface area (Å²) in [7, 11) is -3.80. The van der Waals surface area contributed by atoms with Crippen LogP contribution in [0.15, 0.2) is 59.5 Å². The molecule has 128 valence electrons. The van der Waals surface area contributed by atoms with Crippen molar-refractivity contribution in [2.45, 2.75) is 24.2 Å². The molecule has 1 heterocycles. The maximum Gasteiger partial charge on any atom is 0.307 e. The number of aliphatic carboxylic acids is 1. The van der Waals surface area contributed by atoms with E-state index in [2.05, 4.69) is 0 Å². The van der Waals surface area contributed by atoms with Crippen molar-refractivity contribution in [2.24, 2.45) is 5.92 Å². The number of benzene rings is 2. The van der Waals surface area contributed by atoms with E-state index in [-0.39, 0.29) is 10.8 Å². The Bertz CT molecular complexity index is 1080. The van der Waals surface area contributed by atoms with E-state index >= 15 is 0 Å². The van der Waals surface area contributed by atoms with Gasteiger partial charge >= 0.3 is 5.97 Å². The molecule has 1 aliphatic carbocycles. The van der Waals surface area contributed by atoms with E-state index in [9.17, 15) is 18.3 Å². The van der Waals surface area contributed by atoms with Gasteiger partial charge in [-0.1, -0.05) is 35.9 Å². The van der Waals surface area contributed by atoms with Crippen LogP contribution in [0.2, 0.25) is 0 Å². The average molecular weight is 355 g/mol. The van der Waals surface area contributed by atoms with Crippen LogP contribution in [0.3, 0.4) is 0 Å². The molecule has 6 heteroatoms. The number of carboxylic acid groups (broad SMARTS) is 1. The summed E-state index contributed by atoms with van der Waals surface area (Å²) in [6.45, 7) is 1.90. The Hall–Kier alpha value is -2.60. The third-order valence-corrected chi connectivity index (χ3v) is 6.50. The summed E-state index contributed by atoms with van der Waals surface area (Å²) >= 11 is 0. The Morgan fingerprint density at radius 3 is 2.44 bits per heavy atom. The van der Waals surface area contributed by atoms with Crippen molar-refractivity contribution in [1.82, 2.24) is 3.97 Å². The molecule has 0 bridgehead atoms. The summed E-state index contributed by atoms with van der Waals surface area (Å²) in [4.78, 5) is 11.5. The fraction of sp³-hybridized carbons (Fsp3) is 0.211. The van der Waals surface area contributed by atoms with Crippen molar-refractivity contribution >= 4 is 26.9 Å². The number of nitrogens with zero attached hydrogens (tertiary/aromatic N) is 1. The Morgan fingerprint density at radius 2 is 1.80 bits per heavy atom. The number of hydrogen-bond acceptors (Lipinski definition) is 3. The number of carboxylic acids is 1. The highest BCUT2D eigenvalue weighted by Crippen LogP contribution is 2.49. The monoisotopic (exact) mass is 355 g/mol.